The number of aliphatic hydroxyl groups excluding tert-OH is 1. The van der Waals surface area contributed by atoms with Gasteiger partial charge in [-0.25, -0.2) is 9.48 Å². The molecule has 2 rings (SSSR count). The van der Waals surface area contributed by atoms with Crippen molar-refractivity contribution >= 4 is 23.6 Å². The Balaban J connectivity index is 2.21. The minimum absolute atomic E-state index is 0.0773. The smallest absolute Gasteiger partial charge is 0.312 e. The summed E-state index contributed by atoms with van der Waals surface area (Å²) < 4.78 is 6.59. The number of primary amides is 1. The second kappa shape index (κ2) is 13.9. The normalized spacial score (nSPS) is 12.6. The third-order valence-corrected chi connectivity index (χ3v) is 5.44. The Morgan fingerprint density at radius 2 is 1.97 bits per heavy atom. The predicted octanol–water partition coefficient (Wildman–Crippen LogP) is 2.26. The standard InChI is InChI=1S/C24H34N6O5/c1-4-12-35-22(32)13-19(16(2)3)20-14-30(29-28-20)21(6-5-11-26-24(25)34)23(33)27-18-9-7-17(15-31)8-10-18/h4,7-10,14,16,19,21,31H,1,5-6,11-13,15H2,2-3H3,(H,27,33)(H3,25,26,34)/t19-,21+/m1/s1. The molecular weight excluding hydrogens is 452 g/mol. The van der Waals surface area contributed by atoms with Crippen molar-refractivity contribution in [3.05, 3.63) is 54.4 Å². The molecule has 0 aliphatic carbocycles. The van der Waals surface area contributed by atoms with Crippen LogP contribution in [-0.4, -0.2) is 51.2 Å². The summed E-state index contributed by atoms with van der Waals surface area (Å²) in [5, 5.41) is 23.0. The van der Waals surface area contributed by atoms with Crippen LogP contribution in [0.3, 0.4) is 0 Å². The van der Waals surface area contributed by atoms with E-state index in [0.717, 1.165) is 5.56 Å². The van der Waals surface area contributed by atoms with Gasteiger partial charge in [-0.1, -0.05) is 43.8 Å². The van der Waals surface area contributed by atoms with Crippen LogP contribution in [-0.2, 0) is 20.9 Å². The molecule has 190 valence electrons. The second-order valence-corrected chi connectivity index (χ2v) is 8.44. The van der Waals surface area contributed by atoms with Gasteiger partial charge in [0.2, 0.25) is 5.91 Å². The number of urea groups is 1. The fourth-order valence-corrected chi connectivity index (χ4v) is 3.49. The Morgan fingerprint density at radius 3 is 2.57 bits per heavy atom. The average molecular weight is 487 g/mol. The van der Waals surface area contributed by atoms with Gasteiger partial charge < -0.3 is 26.2 Å². The lowest BCUT2D eigenvalue weighted by Crippen LogP contribution is -2.31. The first-order valence-corrected chi connectivity index (χ1v) is 11.5. The quantitative estimate of drug-likeness (QED) is 0.181. The molecule has 0 aliphatic heterocycles. The number of carbonyl (C=O) groups is 3. The molecule has 0 bridgehead atoms. The van der Waals surface area contributed by atoms with Crippen molar-refractivity contribution in [2.75, 3.05) is 18.5 Å². The van der Waals surface area contributed by atoms with Crippen molar-refractivity contribution in [2.24, 2.45) is 11.7 Å². The maximum absolute atomic E-state index is 13.2. The molecular formula is C24H34N6O5. The molecule has 1 aromatic heterocycles. The predicted molar refractivity (Wildman–Crippen MR) is 130 cm³/mol. The van der Waals surface area contributed by atoms with E-state index in [1.807, 2.05) is 13.8 Å². The van der Waals surface area contributed by atoms with Crippen LogP contribution < -0.4 is 16.4 Å². The number of nitrogens with two attached hydrogens (primary N) is 1. The van der Waals surface area contributed by atoms with E-state index in [-0.39, 0.29) is 43.3 Å². The Hall–Kier alpha value is -3.73. The maximum Gasteiger partial charge on any atom is 0.312 e. The number of ether oxygens (including phenoxy) is 1. The molecule has 1 heterocycles. The number of benzene rings is 1. The molecule has 0 saturated carbocycles. The van der Waals surface area contributed by atoms with E-state index in [1.54, 1.807) is 30.5 Å². The van der Waals surface area contributed by atoms with Crippen LogP contribution in [0.15, 0.2) is 43.1 Å². The average Bonchev–Trinajstić information content (AvgIpc) is 3.30. The number of hydrogen-bond acceptors (Lipinski definition) is 7. The molecule has 2 atom stereocenters. The number of nitrogens with zero attached hydrogens (tertiary/aromatic N) is 3. The van der Waals surface area contributed by atoms with Gasteiger partial charge in [-0.05, 0) is 36.5 Å². The molecule has 11 nitrogen and oxygen atoms in total. The molecule has 35 heavy (non-hydrogen) atoms. The minimum Gasteiger partial charge on any atom is -0.461 e. The number of amides is 3. The fraction of sp³-hybridized carbons (Fsp3) is 0.458. The van der Waals surface area contributed by atoms with Crippen LogP contribution in [0.1, 0.15) is 56.3 Å². The van der Waals surface area contributed by atoms with E-state index >= 15 is 0 Å². The summed E-state index contributed by atoms with van der Waals surface area (Å²) in [6.45, 7) is 7.83. The lowest BCUT2D eigenvalue weighted by molar-refractivity contribution is -0.143. The van der Waals surface area contributed by atoms with Crippen molar-refractivity contribution in [1.29, 1.82) is 0 Å². The number of nitrogens with one attached hydrogen (secondary N) is 2. The highest BCUT2D eigenvalue weighted by atomic mass is 16.5. The van der Waals surface area contributed by atoms with Crippen molar-refractivity contribution < 1.29 is 24.2 Å². The van der Waals surface area contributed by atoms with Gasteiger partial charge in [0.05, 0.1) is 18.7 Å². The Kier molecular flexibility index (Phi) is 10.9. The molecule has 3 amide bonds. The Bertz CT molecular complexity index is 989. The highest BCUT2D eigenvalue weighted by molar-refractivity contribution is 5.93. The summed E-state index contributed by atoms with van der Waals surface area (Å²) in [7, 11) is 0. The SMILES string of the molecule is C=CCOC(=O)C[C@@H](c1cn([C@@H](CCCNC(N)=O)C(=O)Nc2ccc(CO)cc2)nn1)C(C)C. The monoisotopic (exact) mass is 486 g/mol. The Labute approximate surface area is 204 Å². The van der Waals surface area contributed by atoms with Gasteiger partial charge in [-0.3, -0.25) is 9.59 Å². The highest BCUT2D eigenvalue weighted by Crippen LogP contribution is 2.28. The zero-order valence-corrected chi connectivity index (χ0v) is 20.1. The Morgan fingerprint density at radius 1 is 1.26 bits per heavy atom. The summed E-state index contributed by atoms with van der Waals surface area (Å²) in [6.07, 6.45) is 4.14. The first-order valence-electron chi connectivity index (χ1n) is 11.5. The summed E-state index contributed by atoms with van der Waals surface area (Å²) in [6, 6.07) is 5.48. The zero-order chi connectivity index (χ0) is 25.8. The van der Waals surface area contributed by atoms with E-state index in [2.05, 4.69) is 27.5 Å². The summed E-state index contributed by atoms with van der Waals surface area (Å²) in [5.41, 5.74) is 7.00. The molecule has 0 unspecified atom stereocenters. The topological polar surface area (TPSA) is 161 Å². The van der Waals surface area contributed by atoms with E-state index in [9.17, 15) is 19.5 Å². The van der Waals surface area contributed by atoms with Crippen LogP contribution >= 0.6 is 0 Å². The molecule has 0 radical (unpaired) electrons. The number of aliphatic hydroxyl groups is 1. The van der Waals surface area contributed by atoms with Gasteiger partial charge in [0.25, 0.3) is 0 Å². The van der Waals surface area contributed by atoms with Crippen molar-refractivity contribution in [1.82, 2.24) is 20.3 Å². The highest BCUT2D eigenvalue weighted by Gasteiger charge is 2.27. The van der Waals surface area contributed by atoms with Crippen LogP contribution in [0.25, 0.3) is 0 Å². The van der Waals surface area contributed by atoms with Gasteiger partial charge in [0.1, 0.15) is 12.6 Å². The molecule has 11 heteroatoms. The molecule has 0 spiro atoms. The fourth-order valence-electron chi connectivity index (χ4n) is 3.49. The van der Waals surface area contributed by atoms with Crippen LogP contribution in [0.4, 0.5) is 10.5 Å². The number of anilines is 1. The lowest BCUT2D eigenvalue weighted by Gasteiger charge is -2.18. The van der Waals surface area contributed by atoms with Gasteiger partial charge >= 0.3 is 12.0 Å². The van der Waals surface area contributed by atoms with Gasteiger partial charge in [0, 0.05) is 24.3 Å². The lowest BCUT2D eigenvalue weighted by atomic mass is 9.90. The van der Waals surface area contributed by atoms with Crippen molar-refractivity contribution in [3.8, 4) is 0 Å². The van der Waals surface area contributed by atoms with Crippen LogP contribution in [0.2, 0.25) is 0 Å². The van der Waals surface area contributed by atoms with Gasteiger partial charge in [0.15, 0.2) is 0 Å². The third kappa shape index (κ3) is 8.85. The van der Waals surface area contributed by atoms with E-state index in [1.165, 1.54) is 10.8 Å². The zero-order valence-electron chi connectivity index (χ0n) is 20.1. The largest absolute Gasteiger partial charge is 0.461 e. The molecule has 0 aliphatic rings. The third-order valence-electron chi connectivity index (χ3n) is 5.44. The summed E-state index contributed by atoms with van der Waals surface area (Å²) in [4.78, 5) is 36.3. The van der Waals surface area contributed by atoms with Crippen molar-refractivity contribution in [2.45, 2.75) is 51.7 Å². The molecule has 0 saturated heterocycles. The van der Waals surface area contributed by atoms with E-state index < -0.39 is 12.1 Å². The summed E-state index contributed by atoms with van der Waals surface area (Å²) in [5.74, 6) is -0.846. The first kappa shape index (κ1) is 27.5. The van der Waals surface area contributed by atoms with Crippen LogP contribution in [0, 0.1) is 5.92 Å². The first-order chi connectivity index (χ1) is 16.7. The number of aromatic nitrogens is 3. The van der Waals surface area contributed by atoms with Gasteiger partial charge in [-0.2, -0.15) is 0 Å². The molecule has 2 aromatic rings. The molecule has 1 aromatic carbocycles. The molecule has 5 N–H and O–H groups in total. The number of rotatable bonds is 14. The molecule has 0 fully saturated rings. The van der Waals surface area contributed by atoms with Gasteiger partial charge in [-0.15, -0.1) is 5.10 Å². The number of carbonyl (C=O) groups excluding carboxylic acids is 3. The number of hydrogen-bond donors (Lipinski definition) is 4. The van der Waals surface area contributed by atoms with E-state index in [0.29, 0.717) is 30.8 Å². The van der Waals surface area contributed by atoms with Crippen LogP contribution in [0.5, 0.6) is 0 Å². The second-order valence-electron chi connectivity index (χ2n) is 8.44. The maximum atomic E-state index is 13.2. The van der Waals surface area contributed by atoms with E-state index in [4.69, 9.17) is 10.5 Å². The minimum atomic E-state index is -0.719. The van der Waals surface area contributed by atoms with Crippen molar-refractivity contribution in [3.63, 3.8) is 0 Å². The summed E-state index contributed by atoms with van der Waals surface area (Å²) >= 11 is 0. The number of esters is 1.